The molecule has 3 heterocycles. The number of anilines is 2. The minimum Gasteiger partial charge on any atom is -0.503 e. The highest BCUT2D eigenvalue weighted by atomic mass is 32.1. The van der Waals surface area contributed by atoms with Gasteiger partial charge in [0.05, 0.1) is 7.11 Å². The van der Waals surface area contributed by atoms with Crippen molar-refractivity contribution in [1.29, 1.82) is 0 Å². The van der Waals surface area contributed by atoms with Crippen molar-refractivity contribution in [3.05, 3.63) is 22.9 Å². The van der Waals surface area contributed by atoms with Crippen molar-refractivity contribution >= 4 is 52.1 Å². The molecule has 4 rings (SSSR count). The van der Waals surface area contributed by atoms with Gasteiger partial charge in [0.15, 0.2) is 33.8 Å². The van der Waals surface area contributed by atoms with Crippen LogP contribution in [-0.2, 0) is 19.2 Å². The minimum absolute atomic E-state index is 0.0273. The molecule has 0 radical (unpaired) electrons. The van der Waals surface area contributed by atoms with Gasteiger partial charge in [0.1, 0.15) is 16.9 Å². The van der Waals surface area contributed by atoms with Gasteiger partial charge in [-0.2, -0.15) is 0 Å². The van der Waals surface area contributed by atoms with Crippen LogP contribution in [-0.4, -0.2) is 40.7 Å². The summed E-state index contributed by atoms with van der Waals surface area (Å²) in [7, 11) is 1.31. The van der Waals surface area contributed by atoms with Gasteiger partial charge >= 0.3 is 0 Å². The number of aromatic hydroxyl groups is 1. The van der Waals surface area contributed by atoms with Crippen molar-refractivity contribution in [2.75, 3.05) is 17.7 Å². The number of carbonyl (C=O) groups excluding carboxylic acids is 4. The van der Waals surface area contributed by atoms with E-state index in [0.717, 1.165) is 0 Å². The molecule has 0 aliphatic carbocycles. The van der Waals surface area contributed by atoms with E-state index in [1.165, 1.54) is 21.0 Å². The van der Waals surface area contributed by atoms with Gasteiger partial charge in [-0.25, -0.2) is 0 Å². The average molecular weight is 446 g/mol. The van der Waals surface area contributed by atoms with Crippen molar-refractivity contribution in [3.63, 3.8) is 0 Å². The number of phenols is 1. The summed E-state index contributed by atoms with van der Waals surface area (Å²) in [4.78, 5) is 48.1. The molecule has 1 aromatic rings. The molecule has 5 N–H and O–H groups in total. The second kappa shape index (κ2) is 6.98. The van der Waals surface area contributed by atoms with Gasteiger partial charge in [0.25, 0.3) is 11.8 Å². The molecule has 0 spiro atoms. The van der Waals surface area contributed by atoms with Crippen molar-refractivity contribution in [1.82, 2.24) is 10.6 Å². The number of benzene rings is 1. The van der Waals surface area contributed by atoms with E-state index in [2.05, 4.69) is 21.3 Å². The smallest absolute Gasteiger partial charge is 0.268 e. The van der Waals surface area contributed by atoms with E-state index in [-0.39, 0.29) is 51.1 Å². The quantitative estimate of drug-likeness (QED) is 0.141. The molecule has 3 aliphatic rings. The molecular weight excluding hydrogens is 432 g/mol. The van der Waals surface area contributed by atoms with Crippen LogP contribution >= 0.6 is 12.2 Å². The Hall–Kier alpha value is -4.13. The number of hydrogen-bond acceptors (Lipinski definition) is 11. The number of phenolic OH excluding ortho intramolecular Hbond substituents is 1. The second-order valence-corrected chi connectivity index (χ2v) is 6.91. The van der Waals surface area contributed by atoms with Crippen LogP contribution in [0.4, 0.5) is 11.4 Å². The van der Waals surface area contributed by atoms with Crippen molar-refractivity contribution in [2.24, 2.45) is 0 Å². The van der Waals surface area contributed by atoms with Crippen molar-refractivity contribution in [3.8, 4) is 23.0 Å². The lowest BCUT2D eigenvalue weighted by Gasteiger charge is -2.17. The Morgan fingerprint density at radius 1 is 0.935 bits per heavy atom. The number of carbonyl (C=O) groups is 4. The molecule has 160 valence electrons. The van der Waals surface area contributed by atoms with E-state index in [1.807, 2.05) is 0 Å². The average Bonchev–Trinajstić information content (AvgIpc) is 3.26. The van der Waals surface area contributed by atoms with E-state index in [0.29, 0.717) is 0 Å². The third kappa shape index (κ3) is 3.02. The normalized spacial score (nSPS) is 16.2. The Balaban J connectivity index is 1.82. The number of Topliss-reactive ketones (excluding diaryl/α,β-unsaturated/α-hetero) is 2. The monoisotopic (exact) mass is 446 g/mol. The molecule has 1 aromatic carbocycles. The standard InChI is InChI=1S/C18H14N4O8S/c1-4(23)6(5(2)24)16-19-8-10(25)11-9(12(28-3)13(8)30-16)20-17(29-11)7-14(26)21-18(31)22-15(7)27/h19-20,25H,1-3H3,(H2,21,22,26,27,31). The molecule has 0 aromatic heterocycles. The minimum atomic E-state index is -0.804. The number of ketones is 2. The number of fused-ring (bicyclic) bond motifs is 2. The number of methoxy groups -OCH3 is 1. The zero-order valence-electron chi connectivity index (χ0n) is 16.2. The SMILES string of the molecule is COc1c2c(c(O)c3c1OC(=C(C(C)=O)C(C)=O)N3)OC(=C1C(=O)NC(=S)NC1=O)N2. The number of amides is 2. The van der Waals surface area contributed by atoms with Crippen LogP contribution < -0.4 is 35.5 Å². The highest BCUT2D eigenvalue weighted by Crippen LogP contribution is 2.60. The first-order valence-electron chi connectivity index (χ1n) is 8.67. The summed E-state index contributed by atoms with van der Waals surface area (Å²) in [5.74, 6) is -3.78. The van der Waals surface area contributed by atoms with Gasteiger partial charge in [-0.15, -0.1) is 0 Å². The molecule has 3 aliphatic heterocycles. The molecule has 1 fully saturated rings. The maximum absolute atomic E-state index is 12.2. The molecule has 1 saturated heterocycles. The predicted octanol–water partition coefficient (Wildman–Crippen LogP) is 0.141. The van der Waals surface area contributed by atoms with E-state index in [9.17, 15) is 24.3 Å². The first kappa shape index (κ1) is 20.2. The number of hydrogen-bond donors (Lipinski definition) is 5. The summed E-state index contributed by atoms with van der Waals surface area (Å²) in [5.41, 5.74) is -0.611. The zero-order chi connectivity index (χ0) is 22.6. The van der Waals surface area contributed by atoms with E-state index in [4.69, 9.17) is 26.4 Å². The van der Waals surface area contributed by atoms with Crippen LogP contribution in [0.1, 0.15) is 13.8 Å². The fourth-order valence-electron chi connectivity index (χ4n) is 3.24. The van der Waals surface area contributed by atoms with Crippen LogP contribution in [0.15, 0.2) is 22.9 Å². The van der Waals surface area contributed by atoms with Gasteiger partial charge in [0, 0.05) is 0 Å². The van der Waals surface area contributed by atoms with Gasteiger partial charge in [0.2, 0.25) is 23.3 Å². The lowest BCUT2D eigenvalue weighted by atomic mass is 10.1. The Kier molecular flexibility index (Phi) is 4.54. The van der Waals surface area contributed by atoms with Crippen LogP contribution in [0.3, 0.4) is 0 Å². The molecule has 2 amide bonds. The molecule has 0 bridgehead atoms. The van der Waals surface area contributed by atoms with Crippen LogP contribution in [0.5, 0.6) is 23.0 Å². The molecule has 31 heavy (non-hydrogen) atoms. The lowest BCUT2D eigenvalue weighted by Crippen LogP contribution is -2.52. The summed E-state index contributed by atoms with van der Waals surface area (Å²) < 4.78 is 16.5. The molecule has 0 unspecified atom stereocenters. The molecule has 0 atom stereocenters. The third-order valence-electron chi connectivity index (χ3n) is 4.50. The highest BCUT2D eigenvalue weighted by Gasteiger charge is 2.41. The van der Waals surface area contributed by atoms with Crippen molar-refractivity contribution < 1.29 is 38.5 Å². The Labute approximate surface area is 179 Å². The second-order valence-electron chi connectivity index (χ2n) is 6.50. The fraction of sp³-hybridized carbons (Fsp3) is 0.167. The molecule has 0 saturated carbocycles. The number of nitrogens with one attached hydrogen (secondary N) is 4. The molecular formula is C18H14N4O8S. The summed E-state index contributed by atoms with van der Waals surface area (Å²) in [5, 5.41) is 20.5. The van der Waals surface area contributed by atoms with E-state index in [1.54, 1.807) is 0 Å². The van der Waals surface area contributed by atoms with Crippen LogP contribution in [0.25, 0.3) is 0 Å². The summed E-state index contributed by atoms with van der Waals surface area (Å²) in [6.45, 7) is 2.40. The fourth-order valence-corrected chi connectivity index (χ4v) is 3.42. The predicted molar refractivity (Wildman–Crippen MR) is 107 cm³/mol. The maximum Gasteiger partial charge on any atom is 0.268 e. The number of thiocarbonyl (C=S) groups is 1. The van der Waals surface area contributed by atoms with Crippen molar-refractivity contribution in [2.45, 2.75) is 13.8 Å². The highest BCUT2D eigenvalue weighted by molar-refractivity contribution is 7.80. The topological polar surface area (TPSA) is 164 Å². The van der Waals surface area contributed by atoms with Gasteiger partial charge in [-0.05, 0) is 26.1 Å². The Morgan fingerprint density at radius 3 is 2.10 bits per heavy atom. The Morgan fingerprint density at radius 2 is 1.55 bits per heavy atom. The first-order valence-corrected chi connectivity index (χ1v) is 9.08. The molecule has 13 heteroatoms. The number of ether oxygens (including phenoxy) is 3. The van der Waals surface area contributed by atoms with Crippen LogP contribution in [0, 0.1) is 0 Å². The number of rotatable bonds is 3. The van der Waals surface area contributed by atoms with E-state index < -0.39 is 34.7 Å². The lowest BCUT2D eigenvalue weighted by molar-refractivity contribution is -0.124. The van der Waals surface area contributed by atoms with Gasteiger partial charge in [-0.1, -0.05) is 0 Å². The summed E-state index contributed by atoms with van der Waals surface area (Å²) in [6, 6.07) is 0. The Bertz CT molecular complexity index is 1160. The zero-order valence-corrected chi connectivity index (χ0v) is 17.0. The first-order chi connectivity index (χ1) is 14.6. The van der Waals surface area contributed by atoms with Gasteiger partial charge < -0.3 is 30.0 Å². The van der Waals surface area contributed by atoms with E-state index >= 15 is 0 Å². The summed E-state index contributed by atoms with van der Waals surface area (Å²) in [6.07, 6.45) is 0. The maximum atomic E-state index is 12.2. The van der Waals surface area contributed by atoms with Crippen LogP contribution in [0.2, 0.25) is 0 Å². The number of allylic oxidation sites excluding steroid dienone is 1. The summed E-state index contributed by atoms with van der Waals surface area (Å²) >= 11 is 4.76. The molecule has 12 nitrogen and oxygen atoms in total. The third-order valence-corrected chi connectivity index (χ3v) is 4.70. The van der Waals surface area contributed by atoms with Gasteiger partial charge in [-0.3, -0.25) is 29.8 Å². The largest absolute Gasteiger partial charge is 0.503 e.